The van der Waals surface area contributed by atoms with Crippen molar-refractivity contribution in [2.45, 2.75) is 38.4 Å². The lowest BCUT2D eigenvalue weighted by atomic mass is 10.0. The first-order chi connectivity index (χ1) is 17.7. The van der Waals surface area contributed by atoms with Gasteiger partial charge >= 0.3 is 0 Å². The molecule has 0 bridgehead atoms. The number of nitrogens with zero attached hydrogens (tertiary/aromatic N) is 2. The van der Waals surface area contributed by atoms with E-state index in [1.165, 1.54) is 0 Å². The summed E-state index contributed by atoms with van der Waals surface area (Å²) in [4.78, 5) is 33.1. The normalized spacial score (nSPS) is 11.4. The highest BCUT2D eigenvalue weighted by Crippen LogP contribution is 2.17. The minimum atomic E-state index is -0.641. The second-order valence-corrected chi connectivity index (χ2v) is 8.77. The number of benzene rings is 3. The second-order valence-electron chi connectivity index (χ2n) is 8.77. The maximum atomic E-state index is 13.7. The lowest BCUT2D eigenvalue weighted by Crippen LogP contribution is -2.50. The highest BCUT2D eigenvalue weighted by molar-refractivity contribution is 5.88. The average Bonchev–Trinajstić information content (AvgIpc) is 2.94. The molecule has 1 aromatic heterocycles. The van der Waals surface area contributed by atoms with Crippen molar-refractivity contribution in [1.82, 2.24) is 15.2 Å². The molecule has 0 aliphatic heterocycles. The van der Waals surface area contributed by atoms with E-state index in [0.717, 1.165) is 22.3 Å². The van der Waals surface area contributed by atoms with Crippen molar-refractivity contribution < 1.29 is 9.59 Å². The van der Waals surface area contributed by atoms with Gasteiger partial charge in [-0.1, -0.05) is 91.0 Å². The van der Waals surface area contributed by atoms with Crippen molar-refractivity contribution in [2.75, 3.05) is 0 Å². The van der Waals surface area contributed by atoms with Crippen LogP contribution in [0.4, 0.5) is 0 Å². The van der Waals surface area contributed by atoms with Crippen LogP contribution >= 0.6 is 0 Å². The third-order valence-corrected chi connectivity index (χ3v) is 6.15. The van der Waals surface area contributed by atoms with E-state index in [1.807, 2.05) is 103 Å². The molecule has 0 spiro atoms. The Hall–Kier alpha value is -4.25. The van der Waals surface area contributed by atoms with Crippen LogP contribution < -0.4 is 5.32 Å². The first-order valence-corrected chi connectivity index (χ1v) is 12.3. The van der Waals surface area contributed by atoms with Crippen LogP contribution in [0.3, 0.4) is 0 Å². The van der Waals surface area contributed by atoms with Gasteiger partial charge in [0.1, 0.15) is 6.04 Å². The van der Waals surface area contributed by atoms with Gasteiger partial charge < -0.3 is 10.2 Å². The van der Waals surface area contributed by atoms with Gasteiger partial charge in [-0.15, -0.1) is 0 Å². The zero-order valence-corrected chi connectivity index (χ0v) is 20.3. The van der Waals surface area contributed by atoms with Crippen LogP contribution in [0.5, 0.6) is 0 Å². The first kappa shape index (κ1) is 24.9. The molecule has 0 aliphatic rings. The maximum Gasteiger partial charge on any atom is 0.243 e. The van der Waals surface area contributed by atoms with E-state index in [-0.39, 0.29) is 11.8 Å². The molecule has 182 valence electrons. The smallest absolute Gasteiger partial charge is 0.243 e. The van der Waals surface area contributed by atoms with Crippen molar-refractivity contribution in [3.8, 4) is 0 Å². The van der Waals surface area contributed by atoms with Crippen LogP contribution in [0.1, 0.15) is 28.7 Å². The molecule has 1 N–H and O–H groups in total. The number of carbonyl (C=O) groups is 2. The van der Waals surface area contributed by atoms with Gasteiger partial charge in [-0.25, -0.2) is 0 Å². The van der Waals surface area contributed by atoms with E-state index in [1.54, 1.807) is 17.3 Å². The molecule has 0 saturated carbocycles. The van der Waals surface area contributed by atoms with Gasteiger partial charge in [-0.2, -0.15) is 0 Å². The van der Waals surface area contributed by atoms with E-state index in [0.29, 0.717) is 32.4 Å². The minimum Gasteiger partial charge on any atom is -0.350 e. The molecule has 5 heteroatoms. The Balaban J connectivity index is 1.59. The number of pyridine rings is 1. The van der Waals surface area contributed by atoms with Crippen LogP contribution in [-0.2, 0) is 35.5 Å². The standard InChI is InChI=1S/C31H31N3O2/c35-30(17-16-25-10-4-1-5-11-25)34(24-28-14-8-3-9-15-28)29(22-26-12-6-2-7-13-26)31(36)33-23-27-18-20-32-21-19-27/h1-15,18-21,29H,16-17,22-24H2,(H,33,36)/t29-/m0/s1. The summed E-state index contributed by atoms with van der Waals surface area (Å²) in [6.45, 7) is 0.749. The predicted molar refractivity (Wildman–Crippen MR) is 142 cm³/mol. The van der Waals surface area contributed by atoms with Crippen LogP contribution in [0.2, 0.25) is 0 Å². The molecule has 3 aromatic carbocycles. The van der Waals surface area contributed by atoms with Gasteiger partial charge in [0.05, 0.1) is 0 Å². The van der Waals surface area contributed by atoms with Gasteiger partial charge in [-0.3, -0.25) is 14.6 Å². The van der Waals surface area contributed by atoms with Crippen LogP contribution in [-0.4, -0.2) is 27.7 Å². The summed E-state index contributed by atoms with van der Waals surface area (Å²) in [5, 5.41) is 3.05. The lowest BCUT2D eigenvalue weighted by molar-refractivity contribution is -0.141. The highest BCUT2D eigenvalue weighted by atomic mass is 16.2. The molecule has 0 radical (unpaired) electrons. The molecule has 0 fully saturated rings. The summed E-state index contributed by atoms with van der Waals surface area (Å²) in [5.74, 6) is -0.206. The number of hydrogen-bond donors (Lipinski definition) is 1. The van der Waals surface area contributed by atoms with E-state index in [4.69, 9.17) is 0 Å². The van der Waals surface area contributed by atoms with E-state index >= 15 is 0 Å². The average molecular weight is 478 g/mol. The monoisotopic (exact) mass is 477 g/mol. The maximum absolute atomic E-state index is 13.7. The molecule has 1 atom stereocenters. The molecule has 4 aromatic rings. The topological polar surface area (TPSA) is 62.3 Å². The number of nitrogens with one attached hydrogen (secondary N) is 1. The van der Waals surface area contributed by atoms with Crippen LogP contribution in [0.15, 0.2) is 116 Å². The Morgan fingerprint density at radius 2 is 1.25 bits per heavy atom. The predicted octanol–water partition coefficient (Wildman–Crippen LogP) is 4.97. The van der Waals surface area contributed by atoms with E-state index < -0.39 is 6.04 Å². The molecule has 0 aliphatic carbocycles. The number of amides is 2. The van der Waals surface area contributed by atoms with E-state index in [9.17, 15) is 9.59 Å². The van der Waals surface area contributed by atoms with Crippen molar-refractivity contribution >= 4 is 11.8 Å². The number of aryl methyl sites for hydroxylation is 1. The molecule has 0 saturated heterocycles. The Bertz CT molecular complexity index is 1120. The molecular formula is C31H31N3O2. The van der Waals surface area contributed by atoms with Crippen molar-refractivity contribution in [2.24, 2.45) is 0 Å². The molecule has 4 rings (SSSR count). The Morgan fingerprint density at radius 3 is 1.86 bits per heavy atom. The fourth-order valence-electron chi connectivity index (χ4n) is 4.18. The largest absolute Gasteiger partial charge is 0.350 e. The zero-order chi connectivity index (χ0) is 25.0. The fourth-order valence-corrected chi connectivity index (χ4v) is 4.18. The van der Waals surface area contributed by atoms with Crippen molar-refractivity contribution in [3.05, 3.63) is 138 Å². The van der Waals surface area contributed by atoms with Gasteiger partial charge in [0.25, 0.3) is 0 Å². The van der Waals surface area contributed by atoms with Gasteiger partial charge in [0, 0.05) is 38.3 Å². The first-order valence-electron chi connectivity index (χ1n) is 12.3. The molecule has 2 amide bonds. The molecular weight excluding hydrogens is 446 g/mol. The Labute approximate surface area is 212 Å². The summed E-state index contributed by atoms with van der Waals surface area (Å²) in [5.41, 5.74) is 4.06. The van der Waals surface area contributed by atoms with Crippen molar-refractivity contribution in [1.29, 1.82) is 0 Å². The summed E-state index contributed by atoms with van der Waals surface area (Å²) >= 11 is 0. The van der Waals surface area contributed by atoms with E-state index in [2.05, 4.69) is 10.3 Å². The summed E-state index contributed by atoms with van der Waals surface area (Å²) in [6, 6.07) is 32.8. The lowest BCUT2D eigenvalue weighted by Gasteiger charge is -2.31. The number of carbonyl (C=O) groups excluding carboxylic acids is 2. The zero-order valence-electron chi connectivity index (χ0n) is 20.3. The third kappa shape index (κ3) is 7.37. The van der Waals surface area contributed by atoms with Crippen LogP contribution in [0.25, 0.3) is 0 Å². The molecule has 5 nitrogen and oxygen atoms in total. The molecule has 1 heterocycles. The second kappa shape index (κ2) is 13.0. The Morgan fingerprint density at radius 1 is 0.694 bits per heavy atom. The van der Waals surface area contributed by atoms with Gasteiger partial charge in [0.15, 0.2) is 0 Å². The quantitative estimate of drug-likeness (QED) is 0.332. The third-order valence-electron chi connectivity index (χ3n) is 6.15. The number of hydrogen-bond acceptors (Lipinski definition) is 3. The Kier molecular flexibility index (Phi) is 8.98. The summed E-state index contributed by atoms with van der Waals surface area (Å²) < 4.78 is 0. The van der Waals surface area contributed by atoms with Gasteiger partial charge in [-0.05, 0) is 40.8 Å². The fraction of sp³-hybridized carbons (Fsp3) is 0.194. The summed E-state index contributed by atoms with van der Waals surface area (Å²) in [7, 11) is 0. The number of aromatic nitrogens is 1. The van der Waals surface area contributed by atoms with Crippen LogP contribution in [0, 0.1) is 0 Å². The number of rotatable bonds is 11. The van der Waals surface area contributed by atoms with Crippen molar-refractivity contribution in [3.63, 3.8) is 0 Å². The highest BCUT2D eigenvalue weighted by Gasteiger charge is 2.30. The molecule has 36 heavy (non-hydrogen) atoms. The SMILES string of the molecule is O=C(NCc1ccncc1)[C@H](Cc1ccccc1)N(Cc1ccccc1)C(=O)CCc1ccccc1. The molecule has 0 unspecified atom stereocenters. The summed E-state index contributed by atoms with van der Waals surface area (Å²) in [6.07, 6.45) is 4.81. The van der Waals surface area contributed by atoms with Gasteiger partial charge in [0.2, 0.25) is 11.8 Å². The minimum absolute atomic E-state index is 0.0392.